The summed E-state index contributed by atoms with van der Waals surface area (Å²) in [4.78, 5) is 23.4. The normalized spacial score (nSPS) is 10.2. The molecule has 2 rings (SSSR count). The van der Waals surface area contributed by atoms with E-state index < -0.39 is 5.97 Å². The Morgan fingerprint density at radius 3 is 2.39 bits per heavy atom. The number of halogens is 1. The third-order valence-electron chi connectivity index (χ3n) is 3.04. The Kier molecular flexibility index (Phi) is 5.97. The van der Waals surface area contributed by atoms with Crippen LogP contribution in [0.3, 0.4) is 0 Å². The Hall–Kier alpha value is -2.09. The van der Waals surface area contributed by atoms with Gasteiger partial charge in [0.15, 0.2) is 0 Å². The largest absolute Gasteiger partial charge is 0.491 e. The summed E-state index contributed by atoms with van der Waals surface area (Å²) in [5.41, 5.74) is 0.932. The molecule has 0 heterocycles. The van der Waals surface area contributed by atoms with Gasteiger partial charge in [0.1, 0.15) is 5.75 Å². The number of carbonyl (C=O) groups excluding carboxylic acids is 1. The van der Waals surface area contributed by atoms with Crippen molar-refractivity contribution in [2.45, 2.75) is 13.3 Å². The van der Waals surface area contributed by atoms with Crippen molar-refractivity contribution in [2.24, 2.45) is 0 Å². The molecule has 0 saturated carbocycles. The van der Waals surface area contributed by atoms with Crippen molar-refractivity contribution in [2.75, 3.05) is 11.9 Å². The van der Waals surface area contributed by atoms with E-state index >= 15 is 0 Å². The minimum atomic E-state index is -1.06. The van der Waals surface area contributed by atoms with Crippen molar-refractivity contribution in [3.63, 3.8) is 0 Å². The lowest BCUT2D eigenvalue weighted by atomic mass is 10.1. The molecule has 1 amide bonds. The number of ether oxygens (including phenoxy) is 1. The molecular weight excluding hydrogens is 409 g/mol. The number of rotatable bonds is 6. The number of benzene rings is 2. The van der Waals surface area contributed by atoms with E-state index in [0.29, 0.717) is 23.6 Å². The monoisotopic (exact) mass is 425 g/mol. The average Bonchev–Trinajstić information content (AvgIpc) is 2.54. The van der Waals surface area contributed by atoms with Crippen LogP contribution in [0.15, 0.2) is 42.5 Å². The summed E-state index contributed by atoms with van der Waals surface area (Å²) in [5.74, 6) is -0.919. The van der Waals surface area contributed by atoms with Gasteiger partial charge in [-0.05, 0) is 71.5 Å². The predicted molar refractivity (Wildman–Crippen MR) is 96.3 cm³/mol. The highest BCUT2D eigenvalue weighted by molar-refractivity contribution is 14.1. The van der Waals surface area contributed by atoms with Gasteiger partial charge in [-0.3, -0.25) is 4.79 Å². The van der Waals surface area contributed by atoms with Crippen molar-refractivity contribution in [1.29, 1.82) is 0 Å². The molecule has 5 nitrogen and oxygen atoms in total. The van der Waals surface area contributed by atoms with Gasteiger partial charge in [-0.1, -0.05) is 6.92 Å². The zero-order valence-corrected chi connectivity index (χ0v) is 14.7. The second-order valence-electron chi connectivity index (χ2n) is 4.83. The lowest BCUT2D eigenvalue weighted by Crippen LogP contribution is -2.14. The van der Waals surface area contributed by atoms with Gasteiger partial charge in [0.05, 0.1) is 17.9 Å². The van der Waals surface area contributed by atoms with Gasteiger partial charge in [0, 0.05) is 9.13 Å². The molecule has 2 aromatic rings. The number of carboxylic acids is 1. The van der Waals surface area contributed by atoms with Gasteiger partial charge in [-0.15, -0.1) is 0 Å². The van der Waals surface area contributed by atoms with Gasteiger partial charge in [-0.25, -0.2) is 4.79 Å². The minimum Gasteiger partial charge on any atom is -0.491 e. The Morgan fingerprint density at radius 1 is 1.13 bits per heavy atom. The molecule has 0 aliphatic carbocycles. The van der Waals surface area contributed by atoms with E-state index in [0.717, 1.165) is 9.99 Å². The summed E-state index contributed by atoms with van der Waals surface area (Å²) in [6.45, 7) is 2.45. The fourth-order valence-electron chi connectivity index (χ4n) is 1.89. The Bertz CT molecular complexity index is 713. The summed E-state index contributed by atoms with van der Waals surface area (Å²) < 4.78 is 6.59. The number of amides is 1. The molecule has 6 heteroatoms. The number of carbonyl (C=O) groups is 2. The highest BCUT2D eigenvalue weighted by atomic mass is 127. The summed E-state index contributed by atoms with van der Waals surface area (Å²) in [5, 5.41) is 11.8. The van der Waals surface area contributed by atoms with E-state index in [4.69, 9.17) is 9.84 Å². The van der Waals surface area contributed by atoms with Gasteiger partial charge >= 0.3 is 5.97 Å². The van der Waals surface area contributed by atoms with E-state index in [1.54, 1.807) is 18.2 Å². The van der Waals surface area contributed by atoms with Crippen LogP contribution in [0.4, 0.5) is 5.69 Å². The highest BCUT2D eigenvalue weighted by Crippen LogP contribution is 2.27. The fourth-order valence-corrected chi connectivity index (χ4v) is 2.25. The molecule has 0 unspecified atom stereocenters. The zero-order valence-electron chi connectivity index (χ0n) is 12.5. The summed E-state index contributed by atoms with van der Waals surface area (Å²) in [7, 11) is 0. The minimum absolute atomic E-state index is 0.0896. The van der Waals surface area contributed by atoms with Crippen LogP contribution in [0, 0.1) is 3.57 Å². The summed E-state index contributed by atoms with van der Waals surface area (Å²) in [6.07, 6.45) is 0.811. The molecule has 0 radical (unpaired) electrons. The molecule has 0 bridgehead atoms. The molecule has 0 aliphatic rings. The van der Waals surface area contributed by atoms with Crippen LogP contribution in [0.2, 0.25) is 0 Å². The van der Waals surface area contributed by atoms with E-state index in [9.17, 15) is 9.59 Å². The van der Waals surface area contributed by atoms with Crippen molar-refractivity contribution in [3.05, 3.63) is 57.2 Å². The average molecular weight is 425 g/mol. The Balaban J connectivity index is 2.27. The van der Waals surface area contributed by atoms with Gasteiger partial charge < -0.3 is 15.2 Å². The highest BCUT2D eigenvalue weighted by Gasteiger charge is 2.13. The quantitative estimate of drug-likeness (QED) is 0.686. The van der Waals surface area contributed by atoms with Crippen LogP contribution in [0.25, 0.3) is 0 Å². The topological polar surface area (TPSA) is 75.6 Å². The molecule has 0 atom stereocenters. The van der Waals surface area contributed by atoms with Crippen molar-refractivity contribution < 1.29 is 19.4 Å². The van der Waals surface area contributed by atoms with E-state index in [-0.39, 0.29) is 11.5 Å². The van der Waals surface area contributed by atoms with Crippen LogP contribution in [0.1, 0.15) is 34.1 Å². The van der Waals surface area contributed by atoms with Crippen molar-refractivity contribution >= 4 is 40.2 Å². The molecular formula is C17H16INO4. The van der Waals surface area contributed by atoms with Crippen molar-refractivity contribution in [1.82, 2.24) is 0 Å². The molecule has 0 saturated heterocycles. The maximum atomic E-state index is 12.3. The number of carboxylic acid groups (broad SMARTS) is 1. The summed E-state index contributed by atoms with van der Waals surface area (Å²) >= 11 is 2.16. The third-order valence-corrected chi connectivity index (χ3v) is 3.76. The standard InChI is InChI=1S/C17H16INO4/c1-2-9-23-15-8-5-12(17(21)22)10-14(15)19-16(20)11-3-6-13(18)7-4-11/h3-8,10H,2,9H2,1H3,(H,19,20)(H,21,22). The Morgan fingerprint density at radius 2 is 1.78 bits per heavy atom. The first-order valence-electron chi connectivity index (χ1n) is 7.08. The molecule has 23 heavy (non-hydrogen) atoms. The lowest BCUT2D eigenvalue weighted by molar-refractivity contribution is 0.0696. The van der Waals surface area contributed by atoms with Crippen LogP contribution < -0.4 is 10.1 Å². The first-order valence-corrected chi connectivity index (χ1v) is 8.16. The SMILES string of the molecule is CCCOc1ccc(C(=O)O)cc1NC(=O)c1ccc(I)cc1. The van der Waals surface area contributed by atoms with Crippen LogP contribution in [-0.4, -0.2) is 23.6 Å². The molecule has 0 fully saturated rings. The number of nitrogens with one attached hydrogen (secondary N) is 1. The summed E-state index contributed by atoms with van der Waals surface area (Å²) in [6, 6.07) is 11.5. The molecule has 120 valence electrons. The van der Waals surface area contributed by atoms with Gasteiger partial charge in [0.25, 0.3) is 5.91 Å². The molecule has 0 spiro atoms. The first kappa shape index (κ1) is 17.3. The third kappa shape index (κ3) is 4.69. The molecule has 0 aliphatic heterocycles. The first-order chi connectivity index (χ1) is 11.0. The molecule has 2 N–H and O–H groups in total. The number of aromatic carboxylic acids is 1. The van der Waals surface area contributed by atoms with Gasteiger partial charge in [-0.2, -0.15) is 0 Å². The van der Waals surface area contributed by atoms with Crippen LogP contribution >= 0.6 is 22.6 Å². The lowest BCUT2D eigenvalue weighted by Gasteiger charge is -2.13. The fraction of sp³-hybridized carbons (Fsp3) is 0.176. The van der Waals surface area contributed by atoms with Crippen molar-refractivity contribution in [3.8, 4) is 5.75 Å². The zero-order chi connectivity index (χ0) is 16.8. The maximum absolute atomic E-state index is 12.3. The smallest absolute Gasteiger partial charge is 0.335 e. The second kappa shape index (κ2) is 7.96. The number of hydrogen-bond acceptors (Lipinski definition) is 3. The van der Waals surface area contributed by atoms with E-state index in [2.05, 4.69) is 27.9 Å². The second-order valence-corrected chi connectivity index (χ2v) is 6.07. The van der Waals surface area contributed by atoms with Crippen LogP contribution in [0.5, 0.6) is 5.75 Å². The molecule has 2 aromatic carbocycles. The van der Waals surface area contributed by atoms with E-state index in [1.165, 1.54) is 12.1 Å². The number of hydrogen-bond donors (Lipinski definition) is 2. The van der Waals surface area contributed by atoms with Gasteiger partial charge in [0.2, 0.25) is 0 Å². The Labute approximate surface area is 147 Å². The van der Waals surface area contributed by atoms with E-state index in [1.807, 2.05) is 19.1 Å². The predicted octanol–water partition coefficient (Wildman–Crippen LogP) is 4.03. The maximum Gasteiger partial charge on any atom is 0.335 e. The number of anilines is 1. The van der Waals surface area contributed by atoms with Crippen LogP contribution in [-0.2, 0) is 0 Å². The molecule has 0 aromatic heterocycles.